The lowest BCUT2D eigenvalue weighted by atomic mass is 10.1. The van der Waals surface area contributed by atoms with Crippen molar-refractivity contribution in [2.75, 3.05) is 0 Å². The number of alkyl halides is 2. The van der Waals surface area contributed by atoms with Crippen LogP contribution in [0, 0.1) is 6.92 Å². The summed E-state index contributed by atoms with van der Waals surface area (Å²) in [7, 11) is 0. The molecule has 1 aromatic heterocycles. The van der Waals surface area contributed by atoms with E-state index in [9.17, 15) is 8.78 Å². The maximum atomic E-state index is 12.8. The van der Waals surface area contributed by atoms with Gasteiger partial charge in [0.15, 0.2) is 0 Å². The monoisotopic (exact) mass is 185 g/mol. The quantitative estimate of drug-likeness (QED) is 0.690. The van der Waals surface area contributed by atoms with Gasteiger partial charge in [0.2, 0.25) is 0 Å². The average molecular weight is 185 g/mol. The third-order valence-corrected chi connectivity index (χ3v) is 1.99. The topological polar surface area (TPSA) is 12.9 Å². The Hall–Kier alpha value is -0.990. The van der Waals surface area contributed by atoms with Gasteiger partial charge in [0.05, 0.1) is 0 Å². The Kier molecular flexibility index (Phi) is 2.64. The van der Waals surface area contributed by atoms with Crippen LogP contribution < -0.4 is 0 Å². The minimum absolute atomic E-state index is 0.144. The molecule has 72 valence electrons. The maximum absolute atomic E-state index is 12.8. The molecule has 1 heterocycles. The summed E-state index contributed by atoms with van der Waals surface area (Å²) in [5.41, 5.74) is 1.57. The van der Waals surface area contributed by atoms with Gasteiger partial charge in [0.25, 0.3) is 5.92 Å². The minimum Gasteiger partial charge on any atom is -0.251 e. The van der Waals surface area contributed by atoms with E-state index in [1.54, 1.807) is 6.07 Å². The van der Waals surface area contributed by atoms with Gasteiger partial charge < -0.3 is 0 Å². The second kappa shape index (κ2) is 3.40. The molecule has 0 N–H and O–H groups in total. The fraction of sp³-hybridized carbons (Fsp3) is 0.500. The van der Waals surface area contributed by atoms with E-state index in [0.29, 0.717) is 6.42 Å². The first-order valence-corrected chi connectivity index (χ1v) is 4.30. The van der Waals surface area contributed by atoms with E-state index in [1.807, 2.05) is 13.8 Å². The molecule has 0 aliphatic carbocycles. The highest BCUT2D eigenvalue weighted by molar-refractivity contribution is 5.23. The highest BCUT2D eigenvalue weighted by atomic mass is 19.3. The van der Waals surface area contributed by atoms with Crippen molar-refractivity contribution in [3.63, 3.8) is 0 Å². The summed E-state index contributed by atoms with van der Waals surface area (Å²) in [6, 6.07) is 3.08. The zero-order valence-electron chi connectivity index (χ0n) is 8.06. The second-order valence-corrected chi connectivity index (χ2v) is 3.20. The number of pyridine rings is 1. The standard InChI is InChI=1S/C10H13F2N/c1-4-8-7(2)5-6-9(13-8)10(3,11)12/h5-6H,4H2,1-3H3. The highest BCUT2D eigenvalue weighted by Gasteiger charge is 2.26. The highest BCUT2D eigenvalue weighted by Crippen LogP contribution is 2.25. The molecule has 1 rings (SSSR count). The molecule has 0 aliphatic rings. The van der Waals surface area contributed by atoms with Crippen molar-refractivity contribution in [1.82, 2.24) is 4.98 Å². The summed E-state index contributed by atoms with van der Waals surface area (Å²) in [6.07, 6.45) is 0.690. The molecule has 0 radical (unpaired) electrons. The molecule has 0 atom stereocenters. The van der Waals surface area contributed by atoms with Crippen molar-refractivity contribution in [2.45, 2.75) is 33.1 Å². The molecular weight excluding hydrogens is 172 g/mol. The molecular formula is C10H13F2N. The summed E-state index contributed by atoms with van der Waals surface area (Å²) < 4.78 is 25.7. The Morgan fingerprint density at radius 2 is 2.00 bits per heavy atom. The van der Waals surface area contributed by atoms with E-state index in [2.05, 4.69) is 4.98 Å². The Morgan fingerprint density at radius 3 is 2.46 bits per heavy atom. The largest absolute Gasteiger partial charge is 0.286 e. The third-order valence-electron chi connectivity index (χ3n) is 1.99. The molecule has 1 nitrogen and oxygen atoms in total. The average Bonchev–Trinajstić information content (AvgIpc) is 2.03. The van der Waals surface area contributed by atoms with E-state index in [0.717, 1.165) is 18.2 Å². The van der Waals surface area contributed by atoms with E-state index in [1.165, 1.54) is 6.07 Å². The molecule has 0 saturated heterocycles. The number of hydrogen-bond donors (Lipinski definition) is 0. The van der Waals surface area contributed by atoms with E-state index in [4.69, 9.17) is 0 Å². The van der Waals surface area contributed by atoms with Gasteiger partial charge in [-0.2, -0.15) is 8.78 Å². The SMILES string of the molecule is CCc1nc(C(C)(F)F)ccc1C. The van der Waals surface area contributed by atoms with Gasteiger partial charge in [-0.25, -0.2) is 0 Å². The molecule has 0 spiro atoms. The molecule has 13 heavy (non-hydrogen) atoms. The summed E-state index contributed by atoms with van der Waals surface area (Å²) in [4.78, 5) is 3.91. The lowest BCUT2D eigenvalue weighted by Crippen LogP contribution is -2.11. The van der Waals surface area contributed by atoms with Gasteiger partial charge in [-0.05, 0) is 25.0 Å². The van der Waals surface area contributed by atoms with Crippen LogP contribution in [0.4, 0.5) is 8.78 Å². The van der Waals surface area contributed by atoms with Crippen molar-refractivity contribution in [3.8, 4) is 0 Å². The van der Waals surface area contributed by atoms with Gasteiger partial charge in [-0.15, -0.1) is 0 Å². The van der Waals surface area contributed by atoms with Crippen LogP contribution in [0.15, 0.2) is 12.1 Å². The zero-order valence-corrected chi connectivity index (χ0v) is 8.06. The van der Waals surface area contributed by atoms with Crippen molar-refractivity contribution in [1.29, 1.82) is 0 Å². The lowest BCUT2D eigenvalue weighted by Gasteiger charge is -2.11. The lowest BCUT2D eigenvalue weighted by molar-refractivity contribution is 0.0125. The van der Waals surface area contributed by atoms with Crippen molar-refractivity contribution in [2.24, 2.45) is 0 Å². The predicted molar refractivity (Wildman–Crippen MR) is 47.9 cm³/mol. The number of rotatable bonds is 2. The number of aromatic nitrogens is 1. The molecule has 1 aromatic rings. The molecule has 3 heteroatoms. The fourth-order valence-corrected chi connectivity index (χ4v) is 1.17. The van der Waals surface area contributed by atoms with E-state index >= 15 is 0 Å². The Morgan fingerprint density at radius 1 is 1.38 bits per heavy atom. The second-order valence-electron chi connectivity index (χ2n) is 3.20. The maximum Gasteiger partial charge on any atom is 0.286 e. The van der Waals surface area contributed by atoms with Gasteiger partial charge in [0.1, 0.15) is 5.69 Å². The van der Waals surface area contributed by atoms with Crippen LogP contribution in [0.2, 0.25) is 0 Å². The molecule has 0 amide bonds. The van der Waals surface area contributed by atoms with Crippen LogP contribution in [0.25, 0.3) is 0 Å². The molecule has 0 fully saturated rings. The van der Waals surface area contributed by atoms with Crippen molar-refractivity contribution >= 4 is 0 Å². The predicted octanol–water partition coefficient (Wildman–Crippen LogP) is 3.06. The molecule has 0 aliphatic heterocycles. The van der Waals surface area contributed by atoms with Crippen LogP contribution in [-0.4, -0.2) is 4.98 Å². The first kappa shape index (κ1) is 10.1. The normalized spacial score (nSPS) is 11.8. The zero-order chi connectivity index (χ0) is 10.1. The molecule has 0 aromatic carbocycles. The van der Waals surface area contributed by atoms with Crippen molar-refractivity contribution < 1.29 is 8.78 Å². The Labute approximate surface area is 76.8 Å². The number of aryl methyl sites for hydroxylation is 2. The number of halogens is 2. The van der Waals surface area contributed by atoms with Gasteiger partial charge in [-0.1, -0.05) is 13.0 Å². The molecule has 0 bridgehead atoms. The van der Waals surface area contributed by atoms with Gasteiger partial charge in [-0.3, -0.25) is 4.98 Å². The van der Waals surface area contributed by atoms with E-state index in [-0.39, 0.29) is 5.69 Å². The summed E-state index contributed by atoms with van der Waals surface area (Å²) in [5, 5.41) is 0. The molecule has 0 unspecified atom stereocenters. The molecule has 0 saturated carbocycles. The number of nitrogens with zero attached hydrogens (tertiary/aromatic N) is 1. The smallest absolute Gasteiger partial charge is 0.251 e. The van der Waals surface area contributed by atoms with Gasteiger partial charge >= 0.3 is 0 Å². The van der Waals surface area contributed by atoms with E-state index < -0.39 is 5.92 Å². The van der Waals surface area contributed by atoms with Crippen molar-refractivity contribution in [3.05, 3.63) is 29.1 Å². The van der Waals surface area contributed by atoms with Crippen LogP contribution in [0.5, 0.6) is 0 Å². The summed E-state index contributed by atoms with van der Waals surface area (Å²) >= 11 is 0. The Bertz CT molecular complexity index is 302. The van der Waals surface area contributed by atoms with Crippen LogP contribution in [0.3, 0.4) is 0 Å². The minimum atomic E-state index is -2.84. The number of hydrogen-bond acceptors (Lipinski definition) is 1. The Balaban J connectivity index is 3.14. The van der Waals surface area contributed by atoms with Crippen LogP contribution in [-0.2, 0) is 12.3 Å². The first-order chi connectivity index (χ1) is 5.95. The van der Waals surface area contributed by atoms with Gasteiger partial charge in [0, 0.05) is 12.6 Å². The summed E-state index contributed by atoms with van der Waals surface area (Å²) in [6.45, 7) is 4.65. The first-order valence-electron chi connectivity index (χ1n) is 4.30. The summed E-state index contributed by atoms with van der Waals surface area (Å²) in [5.74, 6) is -2.84. The van der Waals surface area contributed by atoms with Crippen LogP contribution in [0.1, 0.15) is 30.8 Å². The fourth-order valence-electron chi connectivity index (χ4n) is 1.17. The van der Waals surface area contributed by atoms with Crippen LogP contribution >= 0.6 is 0 Å². The third kappa shape index (κ3) is 2.23.